The lowest BCUT2D eigenvalue weighted by Gasteiger charge is -2.12. The van der Waals surface area contributed by atoms with Gasteiger partial charge in [0.2, 0.25) is 0 Å². The number of rotatable bonds is 11. The molecule has 0 radical (unpaired) electrons. The predicted molar refractivity (Wildman–Crippen MR) is 148 cm³/mol. The van der Waals surface area contributed by atoms with E-state index in [1.807, 2.05) is 56.3 Å². The highest BCUT2D eigenvalue weighted by Crippen LogP contribution is 2.23. The van der Waals surface area contributed by atoms with Crippen molar-refractivity contribution in [2.24, 2.45) is 0 Å². The van der Waals surface area contributed by atoms with Crippen molar-refractivity contribution >= 4 is 17.7 Å². The molecule has 0 aliphatic heterocycles. The first-order valence-corrected chi connectivity index (χ1v) is 12.7. The third kappa shape index (κ3) is 6.50. The molecule has 3 aromatic carbocycles. The Morgan fingerprint density at radius 3 is 2.51 bits per heavy atom. The summed E-state index contributed by atoms with van der Waals surface area (Å²) in [7, 11) is 0. The fourth-order valence-electron chi connectivity index (χ4n) is 4.05. The minimum Gasteiger partial charge on any atom is -0.501 e. The van der Waals surface area contributed by atoms with Crippen LogP contribution in [0.4, 0.5) is 10.1 Å². The molecule has 0 unspecified atom stereocenters. The van der Waals surface area contributed by atoms with E-state index in [0.29, 0.717) is 36.8 Å². The lowest BCUT2D eigenvalue weighted by atomic mass is 10.0. The van der Waals surface area contributed by atoms with E-state index in [1.165, 1.54) is 16.9 Å². The molecule has 8 nitrogen and oxygen atoms in total. The van der Waals surface area contributed by atoms with E-state index < -0.39 is 17.4 Å². The van der Waals surface area contributed by atoms with Crippen molar-refractivity contribution in [2.45, 2.75) is 40.5 Å². The molecule has 0 bridgehead atoms. The number of hydrogen-bond acceptors (Lipinski definition) is 5. The largest absolute Gasteiger partial charge is 0.501 e. The van der Waals surface area contributed by atoms with Crippen molar-refractivity contribution in [2.75, 3.05) is 11.9 Å². The van der Waals surface area contributed by atoms with Gasteiger partial charge in [0.15, 0.2) is 5.82 Å². The maximum absolute atomic E-state index is 15.5. The Kier molecular flexibility index (Phi) is 9.06. The summed E-state index contributed by atoms with van der Waals surface area (Å²) in [6, 6.07) is 19.5. The summed E-state index contributed by atoms with van der Waals surface area (Å²) in [5.41, 5.74) is 2.33. The van der Waals surface area contributed by atoms with E-state index in [1.54, 1.807) is 25.1 Å². The number of carbonyl (C=O) groups is 1. The number of amides is 1. The van der Waals surface area contributed by atoms with Crippen LogP contribution in [0.15, 0.2) is 77.8 Å². The quantitative estimate of drug-likeness (QED) is 0.260. The molecule has 1 amide bonds. The van der Waals surface area contributed by atoms with Crippen LogP contribution in [0.3, 0.4) is 0 Å². The fourth-order valence-corrected chi connectivity index (χ4v) is 4.05. The maximum Gasteiger partial charge on any atom is 0.350 e. The third-order valence-electron chi connectivity index (χ3n) is 6.09. The maximum atomic E-state index is 15.5. The molecular weight excluding hydrogens is 499 g/mol. The van der Waals surface area contributed by atoms with E-state index in [2.05, 4.69) is 10.4 Å². The van der Waals surface area contributed by atoms with Gasteiger partial charge in [-0.3, -0.25) is 9.36 Å². The van der Waals surface area contributed by atoms with Crippen LogP contribution < -0.4 is 11.0 Å². The minimum atomic E-state index is -0.766. The number of aryl methyl sites for hydroxylation is 1. The number of ether oxygens (including phenoxy) is 2. The second-order valence-electron chi connectivity index (χ2n) is 8.75. The summed E-state index contributed by atoms with van der Waals surface area (Å²) in [6.07, 6.45) is 2.99. The molecule has 4 rings (SSSR count). The van der Waals surface area contributed by atoms with E-state index in [-0.39, 0.29) is 17.9 Å². The number of para-hydroxylation sites is 1. The van der Waals surface area contributed by atoms with Crippen LogP contribution >= 0.6 is 0 Å². The first kappa shape index (κ1) is 27.5. The molecule has 4 aromatic rings. The van der Waals surface area contributed by atoms with Gasteiger partial charge in [0.05, 0.1) is 25.0 Å². The van der Waals surface area contributed by atoms with Crippen molar-refractivity contribution in [3.8, 4) is 5.69 Å². The molecular formula is C30H31FN4O4. The molecule has 1 N–H and O–H groups in total. The lowest BCUT2D eigenvalue weighted by molar-refractivity contribution is 0.0989. The van der Waals surface area contributed by atoms with Crippen LogP contribution in [-0.4, -0.2) is 26.9 Å². The normalized spacial score (nSPS) is 11.2. The number of anilines is 1. The van der Waals surface area contributed by atoms with Crippen LogP contribution in [0.1, 0.15) is 46.7 Å². The van der Waals surface area contributed by atoms with Crippen molar-refractivity contribution in [3.63, 3.8) is 0 Å². The summed E-state index contributed by atoms with van der Waals surface area (Å²) in [4.78, 5) is 26.4. The SMILES string of the molecule is CCOC=Cc1cc(-n2nc(COCc3ccccc3)n(CC)c2=O)c(F)cc1C(=O)Nc1ccccc1C. The van der Waals surface area contributed by atoms with Crippen LogP contribution in [-0.2, 0) is 29.2 Å². The lowest BCUT2D eigenvalue weighted by Crippen LogP contribution is -2.25. The van der Waals surface area contributed by atoms with Gasteiger partial charge in [0, 0.05) is 12.2 Å². The van der Waals surface area contributed by atoms with Gasteiger partial charge in [0.25, 0.3) is 5.91 Å². The molecule has 0 saturated carbocycles. The van der Waals surface area contributed by atoms with Crippen LogP contribution in [0, 0.1) is 12.7 Å². The smallest absolute Gasteiger partial charge is 0.350 e. The zero-order valence-corrected chi connectivity index (χ0v) is 22.2. The van der Waals surface area contributed by atoms with Gasteiger partial charge < -0.3 is 14.8 Å². The molecule has 0 aliphatic carbocycles. The zero-order chi connectivity index (χ0) is 27.8. The molecule has 9 heteroatoms. The van der Waals surface area contributed by atoms with Gasteiger partial charge >= 0.3 is 5.69 Å². The second kappa shape index (κ2) is 12.8. The van der Waals surface area contributed by atoms with E-state index in [4.69, 9.17) is 9.47 Å². The molecule has 39 heavy (non-hydrogen) atoms. The average Bonchev–Trinajstić information content (AvgIpc) is 3.25. The Balaban J connectivity index is 1.68. The topological polar surface area (TPSA) is 87.4 Å². The summed E-state index contributed by atoms with van der Waals surface area (Å²) in [6.45, 7) is 6.66. The Labute approximate surface area is 226 Å². The van der Waals surface area contributed by atoms with E-state index in [0.717, 1.165) is 21.9 Å². The van der Waals surface area contributed by atoms with Crippen molar-refractivity contribution in [3.05, 3.63) is 117 Å². The van der Waals surface area contributed by atoms with Gasteiger partial charge in [0.1, 0.15) is 18.1 Å². The minimum absolute atomic E-state index is 0.0700. The van der Waals surface area contributed by atoms with Crippen LogP contribution in [0.5, 0.6) is 0 Å². The van der Waals surface area contributed by atoms with E-state index in [9.17, 15) is 9.59 Å². The van der Waals surface area contributed by atoms with Crippen LogP contribution in [0.2, 0.25) is 0 Å². The third-order valence-corrected chi connectivity index (χ3v) is 6.09. The standard InChI is InChI=1S/C30H31FN4O4/c1-4-34-28(20-39-19-22-12-7-6-8-13-22)33-35(30(34)37)27-17-23(15-16-38-5-2)24(18-25(27)31)29(36)32-26-14-10-9-11-21(26)3/h6-18H,4-5,19-20H2,1-3H3,(H,32,36). The van der Waals surface area contributed by atoms with Crippen molar-refractivity contribution in [1.29, 1.82) is 0 Å². The number of hydrogen-bond donors (Lipinski definition) is 1. The number of carbonyl (C=O) groups excluding carboxylic acids is 1. The number of nitrogens with zero attached hydrogens (tertiary/aromatic N) is 3. The second-order valence-corrected chi connectivity index (χ2v) is 8.75. The fraction of sp³-hybridized carbons (Fsp3) is 0.233. The van der Waals surface area contributed by atoms with Gasteiger partial charge in [-0.2, -0.15) is 4.68 Å². The zero-order valence-electron chi connectivity index (χ0n) is 22.2. The first-order valence-electron chi connectivity index (χ1n) is 12.7. The van der Waals surface area contributed by atoms with Gasteiger partial charge in [-0.1, -0.05) is 48.5 Å². The highest BCUT2D eigenvalue weighted by atomic mass is 19.1. The number of nitrogens with one attached hydrogen (secondary N) is 1. The summed E-state index contributed by atoms with van der Waals surface area (Å²) in [5.74, 6) is -0.893. The molecule has 0 aliphatic rings. The Hall–Kier alpha value is -4.50. The van der Waals surface area contributed by atoms with Gasteiger partial charge in [-0.05, 0) is 61.7 Å². The Morgan fingerprint density at radius 1 is 1.05 bits per heavy atom. The van der Waals surface area contributed by atoms with Crippen molar-refractivity contribution in [1.82, 2.24) is 14.3 Å². The number of benzene rings is 3. The Morgan fingerprint density at radius 2 is 1.79 bits per heavy atom. The first-order chi connectivity index (χ1) is 18.9. The molecule has 0 spiro atoms. The molecule has 1 heterocycles. The van der Waals surface area contributed by atoms with Crippen molar-refractivity contribution < 1.29 is 18.7 Å². The number of aromatic nitrogens is 3. The summed E-state index contributed by atoms with van der Waals surface area (Å²) in [5, 5.41) is 7.21. The summed E-state index contributed by atoms with van der Waals surface area (Å²) >= 11 is 0. The van der Waals surface area contributed by atoms with Gasteiger partial charge in [-0.25, -0.2) is 9.18 Å². The average molecular weight is 531 g/mol. The molecule has 0 saturated heterocycles. The summed E-state index contributed by atoms with van der Waals surface area (Å²) < 4.78 is 29.0. The highest BCUT2D eigenvalue weighted by Gasteiger charge is 2.21. The predicted octanol–water partition coefficient (Wildman–Crippen LogP) is 5.48. The van der Waals surface area contributed by atoms with Crippen LogP contribution in [0.25, 0.3) is 11.8 Å². The number of halogens is 1. The molecule has 202 valence electrons. The van der Waals surface area contributed by atoms with E-state index >= 15 is 4.39 Å². The molecule has 0 atom stereocenters. The highest BCUT2D eigenvalue weighted by molar-refractivity contribution is 6.07. The van der Waals surface area contributed by atoms with Gasteiger partial charge in [-0.15, -0.1) is 5.10 Å². The molecule has 0 fully saturated rings. The molecule has 1 aromatic heterocycles. The monoisotopic (exact) mass is 530 g/mol. The Bertz CT molecular complexity index is 1530.